The van der Waals surface area contributed by atoms with Crippen molar-refractivity contribution in [2.24, 2.45) is 4.99 Å². The van der Waals surface area contributed by atoms with E-state index in [0.717, 1.165) is 11.4 Å². The van der Waals surface area contributed by atoms with E-state index >= 15 is 0 Å². The molecular formula is C18H20FN5S. The number of aryl methyl sites for hydroxylation is 1. The molecule has 0 fully saturated rings. The summed E-state index contributed by atoms with van der Waals surface area (Å²) in [6.07, 6.45) is 3.41. The summed E-state index contributed by atoms with van der Waals surface area (Å²) >= 11 is 1.66. The molecule has 130 valence electrons. The summed E-state index contributed by atoms with van der Waals surface area (Å²) in [5, 5.41) is 10.6. The number of aliphatic imine (C=N–C) groups is 1. The van der Waals surface area contributed by atoms with E-state index in [1.807, 2.05) is 18.4 Å². The van der Waals surface area contributed by atoms with E-state index in [4.69, 9.17) is 0 Å². The molecule has 0 bridgehead atoms. The maximum atomic E-state index is 14.4. The number of nitrogens with zero attached hydrogens (tertiary/aromatic N) is 3. The molecule has 7 heteroatoms. The van der Waals surface area contributed by atoms with Crippen LogP contribution in [0.4, 0.5) is 4.39 Å². The van der Waals surface area contributed by atoms with Crippen molar-refractivity contribution in [1.82, 2.24) is 20.2 Å². The van der Waals surface area contributed by atoms with Crippen LogP contribution in [0, 0.1) is 12.7 Å². The number of aromatic nitrogens is 2. The van der Waals surface area contributed by atoms with E-state index < -0.39 is 0 Å². The van der Waals surface area contributed by atoms with E-state index in [9.17, 15) is 4.39 Å². The smallest absolute Gasteiger partial charge is 0.191 e. The normalized spacial score (nSPS) is 11.6. The number of benzene rings is 1. The number of rotatable bonds is 5. The Bertz CT molecular complexity index is 854. The lowest BCUT2D eigenvalue weighted by Crippen LogP contribution is -2.36. The van der Waals surface area contributed by atoms with Gasteiger partial charge in [-0.2, -0.15) is 11.3 Å². The van der Waals surface area contributed by atoms with E-state index in [1.165, 1.54) is 11.6 Å². The first-order valence-corrected chi connectivity index (χ1v) is 8.86. The molecule has 0 radical (unpaired) electrons. The fourth-order valence-electron chi connectivity index (χ4n) is 2.47. The highest BCUT2D eigenvalue weighted by Gasteiger charge is 2.08. The minimum Gasteiger partial charge on any atom is -0.352 e. The zero-order valence-electron chi connectivity index (χ0n) is 14.2. The van der Waals surface area contributed by atoms with Crippen LogP contribution in [0.25, 0.3) is 5.69 Å². The van der Waals surface area contributed by atoms with Gasteiger partial charge in [-0.1, -0.05) is 6.07 Å². The van der Waals surface area contributed by atoms with Crippen molar-refractivity contribution in [3.05, 3.63) is 70.2 Å². The highest BCUT2D eigenvalue weighted by Crippen LogP contribution is 2.16. The van der Waals surface area contributed by atoms with Gasteiger partial charge < -0.3 is 15.2 Å². The molecule has 0 amide bonds. The zero-order valence-corrected chi connectivity index (χ0v) is 15.0. The molecule has 0 saturated heterocycles. The molecule has 2 heterocycles. The predicted octanol–water partition coefficient (Wildman–Crippen LogP) is 3.25. The highest BCUT2D eigenvalue weighted by molar-refractivity contribution is 7.07. The molecule has 3 rings (SSSR count). The predicted molar refractivity (Wildman–Crippen MR) is 99.6 cm³/mol. The summed E-state index contributed by atoms with van der Waals surface area (Å²) in [6, 6.07) is 7.27. The zero-order chi connectivity index (χ0) is 17.6. The van der Waals surface area contributed by atoms with Crippen molar-refractivity contribution >= 4 is 17.3 Å². The maximum absolute atomic E-state index is 14.4. The molecule has 0 atom stereocenters. The van der Waals surface area contributed by atoms with Crippen LogP contribution < -0.4 is 10.6 Å². The average molecular weight is 357 g/mol. The van der Waals surface area contributed by atoms with Gasteiger partial charge in [0, 0.05) is 32.5 Å². The first kappa shape index (κ1) is 17.2. The van der Waals surface area contributed by atoms with E-state index in [2.05, 4.69) is 32.1 Å². The monoisotopic (exact) mass is 357 g/mol. The molecular weight excluding hydrogens is 337 g/mol. The van der Waals surface area contributed by atoms with Crippen LogP contribution in [0.2, 0.25) is 0 Å². The van der Waals surface area contributed by atoms with Crippen LogP contribution in [0.15, 0.2) is 52.4 Å². The standard InChI is InChI=1S/C18H20FN5S/c1-13-21-6-7-24(13)17-4-3-14(9-16(17)19)10-22-18(20-2)23-11-15-5-8-25-12-15/h3-9,12H,10-11H2,1-2H3,(H2,20,22,23). The number of hydrogen-bond donors (Lipinski definition) is 2. The molecule has 2 N–H and O–H groups in total. The third-order valence-corrected chi connectivity index (χ3v) is 4.55. The molecule has 0 aliphatic heterocycles. The minimum absolute atomic E-state index is 0.276. The largest absolute Gasteiger partial charge is 0.352 e. The number of imidazole rings is 1. The number of guanidine groups is 1. The summed E-state index contributed by atoms with van der Waals surface area (Å²) in [4.78, 5) is 8.32. The Morgan fingerprint density at radius 2 is 2.04 bits per heavy atom. The van der Waals surface area contributed by atoms with Crippen molar-refractivity contribution in [2.75, 3.05) is 7.05 Å². The molecule has 0 aliphatic carbocycles. The molecule has 0 aliphatic rings. The molecule has 2 aromatic heterocycles. The van der Waals surface area contributed by atoms with E-state index in [1.54, 1.807) is 41.4 Å². The summed E-state index contributed by atoms with van der Waals surface area (Å²) in [7, 11) is 1.72. The Hall–Kier alpha value is -2.67. The lowest BCUT2D eigenvalue weighted by molar-refractivity contribution is 0.613. The lowest BCUT2D eigenvalue weighted by Gasteiger charge is -2.12. The number of thiophene rings is 1. The molecule has 0 saturated carbocycles. The number of halogens is 1. The van der Waals surface area contributed by atoms with Crippen LogP contribution in [0.1, 0.15) is 17.0 Å². The summed E-state index contributed by atoms with van der Waals surface area (Å²) in [6.45, 7) is 3.04. The van der Waals surface area contributed by atoms with E-state index in [-0.39, 0.29) is 5.82 Å². The SMILES string of the molecule is CN=C(NCc1ccsc1)NCc1ccc(-n2ccnc2C)c(F)c1. The van der Waals surface area contributed by atoms with Gasteiger partial charge >= 0.3 is 0 Å². The van der Waals surface area contributed by atoms with Gasteiger partial charge in [0.25, 0.3) is 0 Å². The van der Waals surface area contributed by atoms with E-state index in [0.29, 0.717) is 24.7 Å². The average Bonchev–Trinajstić information content (AvgIpc) is 3.27. The van der Waals surface area contributed by atoms with Gasteiger partial charge in [-0.25, -0.2) is 9.37 Å². The van der Waals surface area contributed by atoms with Crippen molar-refractivity contribution in [3.8, 4) is 5.69 Å². The van der Waals surface area contributed by atoms with Crippen molar-refractivity contribution in [2.45, 2.75) is 20.0 Å². The van der Waals surface area contributed by atoms with Crippen molar-refractivity contribution in [1.29, 1.82) is 0 Å². The molecule has 3 aromatic rings. The second-order valence-corrected chi connectivity index (χ2v) is 6.32. The number of hydrogen-bond acceptors (Lipinski definition) is 3. The Morgan fingerprint density at radius 3 is 2.64 bits per heavy atom. The molecule has 0 unspecified atom stereocenters. The third-order valence-electron chi connectivity index (χ3n) is 3.82. The summed E-state index contributed by atoms with van der Waals surface area (Å²) in [5.74, 6) is 1.16. The molecule has 25 heavy (non-hydrogen) atoms. The van der Waals surface area contributed by atoms with Crippen LogP contribution in [-0.4, -0.2) is 22.6 Å². The van der Waals surface area contributed by atoms with Gasteiger partial charge in [0.1, 0.15) is 11.6 Å². The Kier molecular flexibility index (Phi) is 5.45. The first-order valence-electron chi connectivity index (χ1n) is 7.91. The quantitative estimate of drug-likeness (QED) is 0.544. The Morgan fingerprint density at radius 1 is 1.24 bits per heavy atom. The molecule has 1 aromatic carbocycles. The third kappa shape index (κ3) is 4.24. The first-order chi connectivity index (χ1) is 12.2. The second kappa shape index (κ2) is 7.94. The van der Waals surface area contributed by atoms with Crippen LogP contribution >= 0.6 is 11.3 Å². The Balaban J connectivity index is 1.61. The second-order valence-electron chi connectivity index (χ2n) is 5.54. The van der Waals surface area contributed by atoms with Crippen LogP contribution in [-0.2, 0) is 13.1 Å². The topological polar surface area (TPSA) is 54.2 Å². The molecule has 0 spiro atoms. The fraction of sp³-hybridized carbons (Fsp3) is 0.222. The summed E-state index contributed by atoms with van der Waals surface area (Å²) in [5.41, 5.74) is 2.55. The van der Waals surface area contributed by atoms with Crippen LogP contribution in [0.3, 0.4) is 0 Å². The lowest BCUT2D eigenvalue weighted by atomic mass is 10.2. The van der Waals surface area contributed by atoms with Gasteiger partial charge in [-0.3, -0.25) is 4.99 Å². The highest BCUT2D eigenvalue weighted by atomic mass is 32.1. The fourth-order valence-corrected chi connectivity index (χ4v) is 3.14. The van der Waals surface area contributed by atoms with Gasteiger partial charge in [-0.05, 0) is 47.0 Å². The maximum Gasteiger partial charge on any atom is 0.191 e. The minimum atomic E-state index is -0.276. The van der Waals surface area contributed by atoms with Crippen molar-refractivity contribution in [3.63, 3.8) is 0 Å². The van der Waals surface area contributed by atoms with Gasteiger partial charge in [-0.15, -0.1) is 0 Å². The van der Waals surface area contributed by atoms with Gasteiger partial charge in [0.2, 0.25) is 0 Å². The molecule has 5 nitrogen and oxygen atoms in total. The Labute approximate surface area is 150 Å². The van der Waals surface area contributed by atoms with Crippen molar-refractivity contribution < 1.29 is 4.39 Å². The van der Waals surface area contributed by atoms with Gasteiger partial charge in [0.05, 0.1) is 5.69 Å². The number of nitrogens with one attached hydrogen (secondary N) is 2. The summed E-state index contributed by atoms with van der Waals surface area (Å²) < 4.78 is 16.1. The van der Waals surface area contributed by atoms with Crippen LogP contribution in [0.5, 0.6) is 0 Å². The van der Waals surface area contributed by atoms with Gasteiger partial charge in [0.15, 0.2) is 5.96 Å².